The van der Waals surface area contributed by atoms with E-state index in [0.29, 0.717) is 6.61 Å². The molecule has 0 amide bonds. The molecule has 0 fully saturated rings. The zero-order chi connectivity index (χ0) is 18.4. The molecule has 0 spiro atoms. The summed E-state index contributed by atoms with van der Waals surface area (Å²) in [6.45, 7) is 11.0. The molecule has 138 valence electrons. The van der Waals surface area contributed by atoms with Crippen LogP contribution >= 0.6 is 0 Å². The number of nitrogens with zero attached hydrogens (tertiary/aromatic N) is 3. The van der Waals surface area contributed by atoms with Gasteiger partial charge in [0.1, 0.15) is 18.2 Å². The topological polar surface area (TPSA) is 30.3 Å². The molecule has 0 aliphatic rings. The van der Waals surface area contributed by atoms with E-state index in [2.05, 4.69) is 66.6 Å². The average molecular weight is 351 g/mol. The van der Waals surface area contributed by atoms with Crippen molar-refractivity contribution in [3.8, 4) is 5.75 Å². The monoisotopic (exact) mass is 351 g/mol. The van der Waals surface area contributed by atoms with Gasteiger partial charge in [-0.05, 0) is 50.7 Å². The molecule has 1 heterocycles. The van der Waals surface area contributed by atoms with Crippen molar-refractivity contribution in [2.24, 2.45) is 0 Å². The Balaban J connectivity index is 1.76. The molecule has 0 saturated heterocycles. The van der Waals surface area contributed by atoms with Gasteiger partial charge >= 0.3 is 0 Å². The fourth-order valence-electron chi connectivity index (χ4n) is 3.25. The highest BCUT2D eigenvalue weighted by Crippen LogP contribution is 2.18. The van der Waals surface area contributed by atoms with Crippen LogP contribution in [0.4, 0.5) is 0 Å². The van der Waals surface area contributed by atoms with Gasteiger partial charge in [0.25, 0.3) is 0 Å². The Morgan fingerprint density at radius 2 is 1.81 bits per heavy atom. The molecule has 0 radical (unpaired) electrons. The van der Waals surface area contributed by atoms with Gasteiger partial charge in [-0.25, -0.2) is 4.98 Å². The van der Waals surface area contributed by atoms with Crippen molar-refractivity contribution in [3.05, 3.63) is 59.9 Å². The van der Waals surface area contributed by atoms with Gasteiger partial charge in [-0.3, -0.25) is 4.90 Å². The lowest BCUT2D eigenvalue weighted by atomic mass is 10.2. The fourth-order valence-corrected chi connectivity index (χ4v) is 3.25. The first-order valence-corrected chi connectivity index (χ1v) is 9.57. The van der Waals surface area contributed by atoms with E-state index >= 15 is 0 Å². The Kier molecular flexibility index (Phi) is 6.29. The second-order valence-electron chi connectivity index (χ2n) is 6.70. The van der Waals surface area contributed by atoms with E-state index < -0.39 is 0 Å². The van der Waals surface area contributed by atoms with Gasteiger partial charge in [0.15, 0.2) is 0 Å². The van der Waals surface area contributed by atoms with Crippen LogP contribution in [-0.4, -0.2) is 34.1 Å². The van der Waals surface area contributed by atoms with Crippen LogP contribution < -0.4 is 4.74 Å². The van der Waals surface area contributed by atoms with E-state index in [1.165, 1.54) is 11.1 Å². The number of rotatable bonds is 9. The standard InChI is InChI=1S/C22H29N3O/c1-4-14-24(5-2)17-22-23-20-8-6-7-9-21(20)25(22)15-16-26-19-12-10-18(3)11-13-19/h6-13H,4-5,14-17H2,1-3H3. The Labute approximate surface area is 156 Å². The van der Waals surface area contributed by atoms with Crippen molar-refractivity contribution in [2.75, 3.05) is 19.7 Å². The van der Waals surface area contributed by atoms with Crippen LogP contribution in [0.25, 0.3) is 11.0 Å². The van der Waals surface area contributed by atoms with E-state index in [0.717, 1.165) is 49.7 Å². The maximum atomic E-state index is 5.95. The summed E-state index contributed by atoms with van der Waals surface area (Å²) in [5.74, 6) is 2.04. The molecule has 1 aromatic heterocycles. The van der Waals surface area contributed by atoms with Gasteiger partial charge in [0, 0.05) is 0 Å². The predicted molar refractivity (Wildman–Crippen MR) is 108 cm³/mol. The fraction of sp³-hybridized carbons (Fsp3) is 0.409. The van der Waals surface area contributed by atoms with Gasteiger partial charge in [-0.15, -0.1) is 0 Å². The van der Waals surface area contributed by atoms with Gasteiger partial charge in [0.2, 0.25) is 0 Å². The van der Waals surface area contributed by atoms with Gasteiger partial charge in [-0.1, -0.05) is 43.7 Å². The molecule has 26 heavy (non-hydrogen) atoms. The summed E-state index contributed by atoms with van der Waals surface area (Å²) in [4.78, 5) is 7.33. The largest absolute Gasteiger partial charge is 0.492 e. The molecule has 0 aliphatic carbocycles. The first kappa shape index (κ1) is 18.5. The molecular weight excluding hydrogens is 322 g/mol. The summed E-state index contributed by atoms with van der Waals surface area (Å²) in [7, 11) is 0. The molecule has 0 atom stereocenters. The lowest BCUT2D eigenvalue weighted by molar-refractivity contribution is 0.261. The van der Waals surface area contributed by atoms with Crippen molar-refractivity contribution < 1.29 is 4.74 Å². The molecule has 0 N–H and O–H groups in total. The van der Waals surface area contributed by atoms with Gasteiger partial charge in [0.05, 0.1) is 24.1 Å². The van der Waals surface area contributed by atoms with Gasteiger partial charge < -0.3 is 9.30 Å². The van der Waals surface area contributed by atoms with E-state index in [1.54, 1.807) is 0 Å². The van der Waals surface area contributed by atoms with Crippen LogP contribution in [0.15, 0.2) is 48.5 Å². The number of hydrogen-bond donors (Lipinski definition) is 0. The summed E-state index contributed by atoms with van der Waals surface area (Å²) in [5, 5.41) is 0. The Hall–Kier alpha value is -2.33. The highest BCUT2D eigenvalue weighted by molar-refractivity contribution is 5.75. The van der Waals surface area contributed by atoms with Crippen molar-refractivity contribution in [2.45, 2.75) is 40.3 Å². The van der Waals surface area contributed by atoms with Crippen molar-refractivity contribution in [3.63, 3.8) is 0 Å². The Morgan fingerprint density at radius 1 is 1.04 bits per heavy atom. The minimum absolute atomic E-state index is 0.635. The Bertz CT molecular complexity index is 823. The molecule has 3 aromatic rings. The normalized spacial score (nSPS) is 11.4. The number of aromatic nitrogens is 2. The van der Waals surface area contributed by atoms with Crippen LogP contribution in [0, 0.1) is 6.92 Å². The molecule has 2 aromatic carbocycles. The number of aryl methyl sites for hydroxylation is 1. The third-order valence-corrected chi connectivity index (χ3v) is 4.69. The summed E-state index contributed by atoms with van der Waals surface area (Å²) < 4.78 is 8.26. The van der Waals surface area contributed by atoms with E-state index in [1.807, 2.05) is 12.1 Å². The molecule has 0 aliphatic heterocycles. The third-order valence-electron chi connectivity index (χ3n) is 4.69. The van der Waals surface area contributed by atoms with Crippen LogP contribution in [0.1, 0.15) is 31.7 Å². The lowest BCUT2D eigenvalue weighted by Crippen LogP contribution is -2.26. The molecule has 0 saturated carbocycles. The highest BCUT2D eigenvalue weighted by atomic mass is 16.5. The third kappa shape index (κ3) is 4.44. The van der Waals surface area contributed by atoms with Gasteiger partial charge in [-0.2, -0.15) is 0 Å². The summed E-state index contributed by atoms with van der Waals surface area (Å²) >= 11 is 0. The van der Waals surface area contributed by atoms with Crippen molar-refractivity contribution in [1.29, 1.82) is 0 Å². The second kappa shape index (κ2) is 8.86. The first-order valence-electron chi connectivity index (χ1n) is 9.57. The number of hydrogen-bond acceptors (Lipinski definition) is 3. The Morgan fingerprint density at radius 3 is 2.54 bits per heavy atom. The molecule has 3 rings (SSSR count). The quantitative estimate of drug-likeness (QED) is 0.562. The zero-order valence-corrected chi connectivity index (χ0v) is 16.1. The summed E-state index contributed by atoms with van der Waals surface area (Å²) in [5.41, 5.74) is 3.49. The maximum Gasteiger partial charge on any atom is 0.124 e. The molecule has 4 heteroatoms. The van der Waals surface area contributed by atoms with Crippen LogP contribution in [0.3, 0.4) is 0 Å². The highest BCUT2D eigenvalue weighted by Gasteiger charge is 2.13. The zero-order valence-electron chi connectivity index (χ0n) is 16.1. The summed E-state index contributed by atoms with van der Waals surface area (Å²) in [6, 6.07) is 16.6. The molecule has 0 unspecified atom stereocenters. The lowest BCUT2D eigenvalue weighted by Gasteiger charge is -2.20. The maximum absolute atomic E-state index is 5.95. The van der Waals surface area contributed by atoms with Crippen LogP contribution in [0.5, 0.6) is 5.75 Å². The number of fused-ring (bicyclic) bond motifs is 1. The second-order valence-corrected chi connectivity index (χ2v) is 6.70. The van der Waals surface area contributed by atoms with Crippen LogP contribution in [0.2, 0.25) is 0 Å². The number of para-hydroxylation sites is 2. The first-order chi connectivity index (χ1) is 12.7. The number of benzene rings is 2. The number of imidazole rings is 1. The smallest absolute Gasteiger partial charge is 0.124 e. The van der Waals surface area contributed by atoms with E-state index in [-0.39, 0.29) is 0 Å². The predicted octanol–water partition coefficient (Wildman–Crippen LogP) is 4.66. The molecule has 0 bridgehead atoms. The minimum atomic E-state index is 0.635. The van der Waals surface area contributed by atoms with E-state index in [9.17, 15) is 0 Å². The average Bonchev–Trinajstić information content (AvgIpc) is 3.00. The molecular formula is C22H29N3O. The minimum Gasteiger partial charge on any atom is -0.492 e. The van der Waals surface area contributed by atoms with Crippen LogP contribution in [-0.2, 0) is 13.1 Å². The SMILES string of the molecule is CCCN(CC)Cc1nc2ccccc2n1CCOc1ccc(C)cc1. The summed E-state index contributed by atoms with van der Waals surface area (Å²) in [6.07, 6.45) is 1.16. The van der Waals surface area contributed by atoms with Crippen molar-refractivity contribution >= 4 is 11.0 Å². The molecule has 4 nitrogen and oxygen atoms in total. The number of ether oxygens (including phenoxy) is 1. The van der Waals surface area contributed by atoms with Crippen molar-refractivity contribution in [1.82, 2.24) is 14.5 Å². The van der Waals surface area contributed by atoms with E-state index in [4.69, 9.17) is 9.72 Å².